The van der Waals surface area contributed by atoms with Crippen LogP contribution in [-0.4, -0.2) is 18.5 Å². The van der Waals surface area contributed by atoms with Gasteiger partial charge in [0.15, 0.2) is 0 Å². The molecule has 17 heavy (non-hydrogen) atoms. The fourth-order valence-electron chi connectivity index (χ4n) is 1.56. The van der Waals surface area contributed by atoms with E-state index in [-0.39, 0.29) is 6.04 Å². The van der Waals surface area contributed by atoms with Crippen LogP contribution in [0.2, 0.25) is 0 Å². The number of allylic oxidation sites excluding steroid dienone is 4. The molecule has 0 spiro atoms. The van der Waals surface area contributed by atoms with Crippen LogP contribution in [0.3, 0.4) is 0 Å². The number of nitrogens with zero attached hydrogens (tertiary/aromatic N) is 2. The maximum absolute atomic E-state index is 4.53. The fraction of sp³-hybridized carbons (Fsp3) is 0.333. The Balaban J connectivity index is 2.76. The highest BCUT2D eigenvalue weighted by atomic mass is 14.9. The maximum atomic E-state index is 4.53. The molecule has 1 heterocycles. The summed E-state index contributed by atoms with van der Waals surface area (Å²) in [6.07, 6.45) is 15.4. The minimum atomic E-state index is 0.122. The van der Waals surface area contributed by atoms with Crippen molar-refractivity contribution in [3.63, 3.8) is 0 Å². The summed E-state index contributed by atoms with van der Waals surface area (Å²) in [7, 11) is 0. The third kappa shape index (κ3) is 4.35. The Morgan fingerprint density at radius 2 is 2.41 bits per heavy atom. The molecule has 0 amide bonds. The van der Waals surface area contributed by atoms with Crippen molar-refractivity contribution in [1.82, 2.24) is 0 Å². The fourth-order valence-corrected chi connectivity index (χ4v) is 1.56. The van der Waals surface area contributed by atoms with E-state index in [9.17, 15) is 0 Å². The molecule has 0 aromatic carbocycles. The second-order valence-corrected chi connectivity index (χ2v) is 3.89. The van der Waals surface area contributed by atoms with Crippen molar-refractivity contribution in [1.29, 1.82) is 0 Å². The SMILES string of the molecule is C=C/C=C(\N=CC(C=C)CC)C1CC=CC=N1. The second-order valence-electron chi connectivity index (χ2n) is 3.89. The molecule has 2 atom stereocenters. The van der Waals surface area contributed by atoms with Crippen molar-refractivity contribution in [2.45, 2.75) is 25.8 Å². The van der Waals surface area contributed by atoms with Crippen LogP contribution in [0.4, 0.5) is 0 Å². The lowest BCUT2D eigenvalue weighted by Crippen LogP contribution is -2.09. The zero-order chi connectivity index (χ0) is 12.5. The molecule has 2 heteroatoms. The summed E-state index contributed by atoms with van der Waals surface area (Å²) >= 11 is 0. The van der Waals surface area contributed by atoms with Crippen LogP contribution in [0.5, 0.6) is 0 Å². The lowest BCUT2D eigenvalue weighted by Gasteiger charge is -2.13. The summed E-state index contributed by atoms with van der Waals surface area (Å²) in [4.78, 5) is 8.94. The van der Waals surface area contributed by atoms with Crippen LogP contribution in [0.1, 0.15) is 19.8 Å². The first-order valence-electron chi connectivity index (χ1n) is 5.99. The zero-order valence-corrected chi connectivity index (χ0v) is 10.4. The third-order valence-corrected chi connectivity index (χ3v) is 2.67. The summed E-state index contributed by atoms with van der Waals surface area (Å²) in [6, 6.07) is 0.122. The summed E-state index contributed by atoms with van der Waals surface area (Å²) in [5, 5.41) is 0. The van der Waals surface area contributed by atoms with Crippen LogP contribution in [0.25, 0.3) is 0 Å². The van der Waals surface area contributed by atoms with E-state index < -0.39 is 0 Å². The molecular formula is C15H20N2. The van der Waals surface area contributed by atoms with Gasteiger partial charge in [-0.05, 0) is 25.0 Å². The largest absolute Gasteiger partial charge is 0.283 e. The first-order chi connectivity index (χ1) is 8.31. The Labute approximate surface area is 104 Å². The Kier molecular flexibility index (Phi) is 5.94. The summed E-state index contributed by atoms with van der Waals surface area (Å²) in [5.74, 6) is 0.325. The monoisotopic (exact) mass is 228 g/mol. The molecule has 90 valence electrons. The highest BCUT2D eigenvalue weighted by molar-refractivity contribution is 5.73. The van der Waals surface area contributed by atoms with Crippen LogP contribution >= 0.6 is 0 Å². The standard InChI is InChI=1S/C15H20N2/c1-4-9-14(15-10-7-8-11-16-15)17-12-13(5-2)6-3/h4-5,7-9,11-13,15H,1-2,6,10H2,3H3/b14-9-,17-12?. The average Bonchev–Trinajstić information content (AvgIpc) is 2.39. The van der Waals surface area contributed by atoms with E-state index >= 15 is 0 Å². The van der Waals surface area contributed by atoms with Gasteiger partial charge in [-0.3, -0.25) is 9.98 Å². The smallest absolute Gasteiger partial charge is 0.0953 e. The molecule has 0 aromatic heterocycles. The van der Waals surface area contributed by atoms with E-state index in [1.165, 1.54) is 0 Å². The number of hydrogen-bond acceptors (Lipinski definition) is 2. The van der Waals surface area contributed by atoms with Gasteiger partial charge in [0.25, 0.3) is 0 Å². The molecule has 0 radical (unpaired) electrons. The molecule has 1 aliphatic heterocycles. The first kappa shape index (κ1) is 13.4. The molecular weight excluding hydrogens is 208 g/mol. The van der Waals surface area contributed by atoms with E-state index in [0.29, 0.717) is 5.92 Å². The van der Waals surface area contributed by atoms with Gasteiger partial charge in [0.05, 0.1) is 11.7 Å². The number of aliphatic imine (C=N–C) groups is 2. The van der Waals surface area contributed by atoms with Gasteiger partial charge in [-0.2, -0.15) is 0 Å². The third-order valence-electron chi connectivity index (χ3n) is 2.67. The van der Waals surface area contributed by atoms with Crippen molar-refractivity contribution < 1.29 is 0 Å². The van der Waals surface area contributed by atoms with Gasteiger partial charge in [-0.1, -0.05) is 31.7 Å². The quantitative estimate of drug-likeness (QED) is 0.376. The predicted octanol–water partition coefficient (Wildman–Crippen LogP) is 3.74. The Bertz CT molecular complexity index is 372. The van der Waals surface area contributed by atoms with Gasteiger partial charge >= 0.3 is 0 Å². The number of hydrogen-bond donors (Lipinski definition) is 0. The molecule has 0 aliphatic carbocycles. The normalized spacial score (nSPS) is 21.7. The van der Waals surface area contributed by atoms with Gasteiger partial charge < -0.3 is 0 Å². The van der Waals surface area contributed by atoms with Crippen molar-refractivity contribution >= 4 is 12.4 Å². The Hall–Kier alpha value is -1.70. The summed E-state index contributed by atoms with van der Waals surface area (Å²) in [6.45, 7) is 9.64. The molecule has 2 nitrogen and oxygen atoms in total. The molecule has 0 N–H and O–H groups in total. The van der Waals surface area contributed by atoms with Gasteiger partial charge in [0, 0.05) is 18.3 Å². The number of dihydropyridines is 1. The lowest BCUT2D eigenvalue weighted by atomic mass is 10.1. The topological polar surface area (TPSA) is 24.7 Å². The van der Waals surface area contributed by atoms with Crippen LogP contribution < -0.4 is 0 Å². The second kappa shape index (κ2) is 7.55. The van der Waals surface area contributed by atoms with E-state index in [4.69, 9.17) is 0 Å². The van der Waals surface area contributed by atoms with Gasteiger partial charge in [0.1, 0.15) is 0 Å². The Morgan fingerprint density at radius 1 is 1.59 bits per heavy atom. The van der Waals surface area contributed by atoms with Crippen molar-refractivity contribution in [3.05, 3.63) is 49.2 Å². The molecule has 0 bridgehead atoms. The van der Waals surface area contributed by atoms with Crippen LogP contribution in [0, 0.1) is 5.92 Å². The first-order valence-corrected chi connectivity index (χ1v) is 5.99. The van der Waals surface area contributed by atoms with Gasteiger partial charge in [-0.25, -0.2) is 0 Å². The van der Waals surface area contributed by atoms with Crippen LogP contribution in [-0.2, 0) is 0 Å². The lowest BCUT2D eigenvalue weighted by molar-refractivity contribution is 0.767. The van der Waals surface area contributed by atoms with Crippen LogP contribution in [0.15, 0.2) is 59.2 Å². The number of rotatable bonds is 6. The molecule has 1 rings (SSSR count). The van der Waals surface area contributed by atoms with Crippen molar-refractivity contribution in [2.24, 2.45) is 15.9 Å². The van der Waals surface area contributed by atoms with E-state index in [1.807, 2.05) is 30.7 Å². The molecule has 1 aliphatic rings. The summed E-state index contributed by atoms with van der Waals surface area (Å²) < 4.78 is 0. The minimum Gasteiger partial charge on any atom is -0.283 e. The summed E-state index contributed by atoms with van der Waals surface area (Å²) in [5.41, 5.74) is 0.959. The highest BCUT2D eigenvalue weighted by Crippen LogP contribution is 2.16. The highest BCUT2D eigenvalue weighted by Gasteiger charge is 2.11. The zero-order valence-electron chi connectivity index (χ0n) is 10.4. The minimum absolute atomic E-state index is 0.122. The van der Waals surface area contributed by atoms with Crippen molar-refractivity contribution in [2.75, 3.05) is 0 Å². The molecule has 0 saturated heterocycles. The Morgan fingerprint density at radius 3 is 2.94 bits per heavy atom. The van der Waals surface area contributed by atoms with Gasteiger partial charge in [-0.15, -0.1) is 6.58 Å². The molecule has 0 aromatic rings. The van der Waals surface area contributed by atoms with E-state index in [1.54, 1.807) is 6.08 Å². The maximum Gasteiger partial charge on any atom is 0.0953 e. The molecule has 0 fully saturated rings. The predicted molar refractivity (Wildman–Crippen MR) is 76.8 cm³/mol. The van der Waals surface area contributed by atoms with Gasteiger partial charge in [0.2, 0.25) is 0 Å². The molecule has 2 unspecified atom stereocenters. The van der Waals surface area contributed by atoms with E-state index in [2.05, 4.69) is 36.1 Å². The van der Waals surface area contributed by atoms with Crippen molar-refractivity contribution in [3.8, 4) is 0 Å². The average molecular weight is 228 g/mol. The van der Waals surface area contributed by atoms with E-state index in [0.717, 1.165) is 18.5 Å². The molecule has 0 saturated carbocycles.